The molecule has 1 saturated heterocycles. The Morgan fingerprint density at radius 3 is 2.52 bits per heavy atom. The fourth-order valence-corrected chi connectivity index (χ4v) is 4.38. The molecule has 6 nitrogen and oxygen atoms in total. The third-order valence-corrected chi connectivity index (χ3v) is 5.93. The van der Waals surface area contributed by atoms with E-state index in [4.69, 9.17) is 9.15 Å². The van der Waals surface area contributed by atoms with Crippen LogP contribution in [0.5, 0.6) is 5.75 Å². The molecular formula is C27H21NO5. The second-order valence-corrected chi connectivity index (χ2v) is 7.78. The molecule has 164 valence electrons. The van der Waals surface area contributed by atoms with Gasteiger partial charge in [0.25, 0.3) is 11.7 Å². The summed E-state index contributed by atoms with van der Waals surface area (Å²) in [5, 5.41) is 13.1. The number of fused-ring (bicyclic) bond motifs is 1. The number of methoxy groups -OCH3 is 1. The Hall–Kier alpha value is -4.32. The van der Waals surface area contributed by atoms with Crippen molar-refractivity contribution in [2.24, 2.45) is 0 Å². The Morgan fingerprint density at radius 2 is 1.73 bits per heavy atom. The van der Waals surface area contributed by atoms with Crippen molar-refractivity contribution in [3.8, 4) is 5.75 Å². The number of para-hydroxylation sites is 1. The van der Waals surface area contributed by atoms with Crippen LogP contribution in [-0.2, 0) is 16.1 Å². The van der Waals surface area contributed by atoms with Gasteiger partial charge in [-0.3, -0.25) is 9.59 Å². The molecule has 1 N–H and O–H groups in total. The minimum absolute atomic E-state index is 0.00111. The molecule has 3 aromatic carbocycles. The lowest BCUT2D eigenvalue weighted by Gasteiger charge is -2.24. The molecule has 0 saturated carbocycles. The summed E-state index contributed by atoms with van der Waals surface area (Å²) < 4.78 is 11.0. The number of ether oxygens (including phenoxy) is 1. The molecule has 1 fully saturated rings. The van der Waals surface area contributed by atoms with Crippen LogP contribution in [0.15, 0.2) is 95.1 Å². The van der Waals surface area contributed by atoms with Gasteiger partial charge < -0.3 is 19.2 Å². The summed E-state index contributed by atoms with van der Waals surface area (Å²) in [6, 6.07) is 22.9. The van der Waals surface area contributed by atoms with Crippen LogP contribution in [0.2, 0.25) is 0 Å². The molecule has 2 heterocycles. The molecule has 33 heavy (non-hydrogen) atoms. The van der Waals surface area contributed by atoms with E-state index in [9.17, 15) is 14.7 Å². The molecule has 4 aromatic rings. The van der Waals surface area contributed by atoms with Gasteiger partial charge in [-0.25, -0.2) is 0 Å². The summed E-state index contributed by atoms with van der Waals surface area (Å²) in [6.45, 7) is 0.117. The summed E-state index contributed by atoms with van der Waals surface area (Å²) in [5.74, 6) is -0.688. The van der Waals surface area contributed by atoms with E-state index in [1.54, 1.807) is 31.4 Å². The van der Waals surface area contributed by atoms with Gasteiger partial charge >= 0.3 is 0 Å². The third-order valence-electron chi connectivity index (χ3n) is 5.93. The van der Waals surface area contributed by atoms with Crippen molar-refractivity contribution in [1.29, 1.82) is 0 Å². The number of aliphatic hydroxyl groups excluding tert-OH is 1. The fourth-order valence-electron chi connectivity index (χ4n) is 4.38. The number of hydrogen-bond acceptors (Lipinski definition) is 5. The minimum atomic E-state index is -0.871. The standard InChI is InChI=1S/C27H21NO5/c1-32-21-13-5-3-9-18(21)16-28-24(22-14-7-15-33-22)23(26(30)27(28)31)25(29)20-12-6-10-17-8-2-4-11-19(17)20/h2-15,24,29H,16H2,1H3/b25-23-. The lowest BCUT2D eigenvalue weighted by Crippen LogP contribution is -2.29. The second kappa shape index (κ2) is 8.31. The number of hydrogen-bond donors (Lipinski definition) is 1. The molecule has 1 aliphatic heterocycles. The van der Waals surface area contributed by atoms with Crippen molar-refractivity contribution >= 4 is 28.2 Å². The van der Waals surface area contributed by atoms with Crippen molar-refractivity contribution in [1.82, 2.24) is 4.90 Å². The second-order valence-electron chi connectivity index (χ2n) is 7.78. The van der Waals surface area contributed by atoms with E-state index in [1.807, 2.05) is 54.6 Å². The number of amides is 1. The highest BCUT2D eigenvalue weighted by Crippen LogP contribution is 2.42. The lowest BCUT2D eigenvalue weighted by atomic mass is 9.96. The fraction of sp³-hybridized carbons (Fsp3) is 0.111. The number of benzene rings is 3. The summed E-state index contributed by atoms with van der Waals surface area (Å²) in [5.41, 5.74) is 1.23. The quantitative estimate of drug-likeness (QED) is 0.267. The number of ketones is 1. The summed E-state index contributed by atoms with van der Waals surface area (Å²) >= 11 is 0. The third kappa shape index (κ3) is 3.46. The van der Waals surface area contributed by atoms with Crippen LogP contribution in [0.1, 0.15) is 22.9 Å². The predicted octanol–water partition coefficient (Wildman–Crippen LogP) is 5.06. The van der Waals surface area contributed by atoms with Crippen molar-refractivity contribution < 1.29 is 23.8 Å². The minimum Gasteiger partial charge on any atom is -0.507 e. The Bertz CT molecular complexity index is 1380. The molecule has 0 aliphatic carbocycles. The van der Waals surface area contributed by atoms with Crippen LogP contribution in [0.4, 0.5) is 0 Å². The number of nitrogens with zero attached hydrogens (tertiary/aromatic N) is 1. The molecular weight excluding hydrogens is 418 g/mol. The highest BCUT2D eigenvalue weighted by Gasteiger charge is 2.47. The first-order chi connectivity index (χ1) is 16.1. The normalized spacial score (nSPS) is 17.6. The Morgan fingerprint density at radius 1 is 0.970 bits per heavy atom. The van der Waals surface area contributed by atoms with E-state index in [0.29, 0.717) is 17.1 Å². The van der Waals surface area contributed by atoms with Crippen molar-refractivity contribution in [2.75, 3.05) is 7.11 Å². The van der Waals surface area contributed by atoms with Gasteiger partial charge in [-0.2, -0.15) is 0 Å². The van der Waals surface area contributed by atoms with E-state index < -0.39 is 17.7 Å². The van der Waals surface area contributed by atoms with Crippen LogP contribution in [0.3, 0.4) is 0 Å². The van der Waals surface area contributed by atoms with E-state index >= 15 is 0 Å². The summed E-state index contributed by atoms with van der Waals surface area (Å²) in [6.07, 6.45) is 1.48. The van der Waals surface area contributed by atoms with Gasteiger partial charge in [0.15, 0.2) is 0 Å². The zero-order chi connectivity index (χ0) is 22.9. The Kier molecular flexibility index (Phi) is 5.18. The van der Waals surface area contributed by atoms with Crippen LogP contribution in [0, 0.1) is 0 Å². The number of carbonyl (C=O) groups excluding carboxylic acids is 2. The van der Waals surface area contributed by atoms with Gasteiger partial charge in [0.2, 0.25) is 0 Å². The van der Waals surface area contributed by atoms with Gasteiger partial charge in [0, 0.05) is 11.1 Å². The number of rotatable bonds is 5. The number of Topliss-reactive ketones (excluding diaryl/α,β-unsaturated/α-hetero) is 1. The summed E-state index contributed by atoms with van der Waals surface area (Å²) in [7, 11) is 1.55. The van der Waals surface area contributed by atoms with Crippen LogP contribution < -0.4 is 4.74 Å². The topological polar surface area (TPSA) is 80.0 Å². The van der Waals surface area contributed by atoms with Crippen LogP contribution >= 0.6 is 0 Å². The predicted molar refractivity (Wildman–Crippen MR) is 123 cm³/mol. The molecule has 0 radical (unpaired) electrons. The molecule has 1 unspecified atom stereocenters. The molecule has 1 aromatic heterocycles. The maximum Gasteiger partial charge on any atom is 0.296 e. The van der Waals surface area contributed by atoms with Gasteiger partial charge in [-0.15, -0.1) is 0 Å². The van der Waals surface area contributed by atoms with Gasteiger partial charge in [-0.1, -0.05) is 60.7 Å². The highest BCUT2D eigenvalue weighted by atomic mass is 16.5. The number of likely N-dealkylation sites (tertiary alicyclic amines) is 1. The number of aliphatic hydroxyl groups is 1. The average Bonchev–Trinajstić information content (AvgIpc) is 3.46. The largest absolute Gasteiger partial charge is 0.507 e. The molecule has 0 spiro atoms. The first-order valence-electron chi connectivity index (χ1n) is 10.5. The highest BCUT2D eigenvalue weighted by molar-refractivity contribution is 6.46. The maximum absolute atomic E-state index is 13.2. The molecule has 1 amide bonds. The monoisotopic (exact) mass is 439 g/mol. The Balaban J connectivity index is 1.68. The van der Waals surface area contributed by atoms with E-state index in [2.05, 4.69) is 0 Å². The van der Waals surface area contributed by atoms with Crippen LogP contribution in [0.25, 0.3) is 16.5 Å². The van der Waals surface area contributed by atoms with Gasteiger partial charge in [-0.05, 0) is 29.0 Å². The Labute approximate surface area is 190 Å². The molecule has 5 rings (SSSR count). The first-order valence-corrected chi connectivity index (χ1v) is 10.5. The number of carbonyl (C=O) groups is 2. The van der Waals surface area contributed by atoms with Crippen LogP contribution in [-0.4, -0.2) is 28.8 Å². The molecule has 6 heteroatoms. The van der Waals surface area contributed by atoms with Crippen molar-refractivity contribution in [3.63, 3.8) is 0 Å². The molecule has 0 bridgehead atoms. The molecule has 1 aliphatic rings. The first kappa shape index (κ1) is 20.6. The zero-order valence-electron chi connectivity index (χ0n) is 17.9. The molecule has 1 atom stereocenters. The SMILES string of the molecule is COc1ccccc1CN1C(=O)C(=O)/C(=C(\O)c2cccc3ccccc23)C1c1ccco1. The maximum atomic E-state index is 13.2. The number of furan rings is 1. The lowest BCUT2D eigenvalue weighted by molar-refractivity contribution is -0.140. The smallest absolute Gasteiger partial charge is 0.296 e. The van der Waals surface area contributed by atoms with Gasteiger partial charge in [0.1, 0.15) is 23.3 Å². The van der Waals surface area contributed by atoms with E-state index in [-0.39, 0.29) is 17.9 Å². The summed E-state index contributed by atoms with van der Waals surface area (Å²) in [4.78, 5) is 27.8. The average molecular weight is 439 g/mol. The van der Waals surface area contributed by atoms with E-state index in [0.717, 1.165) is 16.3 Å². The van der Waals surface area contributed by atoms with Crippen molar-refractivity contribution in [3.05, 3.63) is 108 Å². The van der Waals surface area contributed by atoms with E-state index in [1.165, 1.54) is 11.2 Å². The zero-order valence-corrected chi connectivity index (χ0v) is 17.9. The van der Waals surface area contributed by atoms with Crippen molar-refractivity contribution in [2.45, 2.75) is 12.6 Å². The van der Waals surface area contributed by atoms with Gasteiger partial charge in [0.05, 0.1) is 25.5 Å².